The number of nitrogens with zero attached hydrogens (tertiary/aromatic N) is 1. The van der Waals surface area contributed by atoms with E-state index in [1.165, 1.54) is 0 Å². The van der Waals surface area contributed by atoms with Gasteiger partial charge in [-0.3, -0.25) is 9.59 Å². The Balaban J connectivity index is 1.72. The van der Waals surface area contributed by atoms with Crippen molar-refractivity contribution in [3.63, 3.8) is 0 Å². The number of carboxylic acid groups (broad SMARTS) is 1. The Morgan fingerprint density at radius 2 is 1.57 bits per heavy atom. The number of hydrogen-bond donors (Lipinski definition) is 2. The fraction of sp³-hybridized carbons (Fsp3) is 0.400. The highest BCUT2D eigenvalue weighted by atomic mass is 19.4. The van der Waals surface area contributed by atoms with Crippen molar-refractivity contribution in [2.75, 3.05) is 19.7 Å². The van der Waals surface area contributed by atoms with E-state index in [1.807, 2.05) is 48.5 Å². The molecule has 0 bridgehead atoms. The number of amides is 2. The average Bonchev–Trinajstić information content (AvgIpc) is 3.08. The summed E-state index contributed by atoms with van der Waals surface area (Å²) >= 11 is 0. The summed E-state index contributed by atoms with van der Waals surface area (Å²) in [5.74, 6) is -3.13. The predicted molar refractivity (Wildman–Crippen MR) is 122 cm³/mol. The molecule has 1 aliphatic carbocycles. The van der Waals surface area contributed by atoms with Crippen LogP contribution in [0, 0.1) is 5.92 Å². The molecule has 2 amide bonds. The molecule has 0 radical (unpaired) electrons. The summed E-state index contributed by atoms with van der Waals surface area (Å²) in [5.41, 5.74) is 4.02. The van der Waals surface area contributed by atoms with Gasteiger partial charge in [-0.1, -0.05) is 62.4 Å². The number of halogens is 3. The third-order valence-electron chi connectivity index (χ3n) is 5.65. The lowest BCUT2D eigenvalue weighted by Crippen LogP contribution is -2.52. The van der Waals surface area contributed by atoms with E-state index < -0.39 is 43.3 Å². The molecule has 3 rings (SSSR count). The van der Waals surface area contributed by atoms with Gasteiger partial charge in [0.25, 0.3) is 0 Å². The van der Waals surface area contributed by atoms with Crippen molar-refractivity contribution in [3.05, 3.63) is 59.7 Å². The maximum absolute atomic E-state index is 12.9. The van der Waals surface area contributed by atoms with E-state index in [4.69, 9.17) is 9.84 Å². The van der Waals surface area contributed by atoms with Crippen LogP contribution in [0.25, 0.3) is 11.1 Å². The summed E-state index contributed by atoms with van der Waals surface area (Å²) in [6.45, 7) is 0.540. The van der Waals surface area contributed by atoms with Crippen LogP contribution in [0.5, 0.6) is 0 Å². The van der Waals surface area contributed by atoms with Crippen molar-refractivity contribution in [3.8, 4) is 11.1 Å². The van der Waals surface area contributed by atoms with Crippen molar-refractivity contribution >= 4 is 18.0 Å². The second kappa shape index (κ2) is 10.8. The van der Waals surface area contributed by atoms with E-state index in [9.17, 15) is 27.6 Å². The van der Waals surface area contributed by atoms with E-state index in [0.717, 1.165) is 22.3 Å². The molecule has 10 heteroatoms. The van der Waals surface area contributed by atoms with E-state index in [0.29, 0.717) is 0 Å². The van der Waals surface area contributed by atoms with Gasteiger partial charge in [0.05, 0.1) is 0 Å². The van der Waals surface area contributed by atoms with Crippen molar-refractivity contribution < 1.29 is 37.4 Å². The summed E-state index contributed by atoms with van der Waals surface area (Å²) in [7, 11) is 0. The van der Waals surface area contributed by atoms with E-state index in [2.05, 4.69) is 5.32 Å². The highest BCUT2D eigenvalue weighted by molar-refractivity contribution is 5.88. The first-order chi connectivity index (χ1) is 16.5. The summed E-state index contributed by atoms with van der Waals surface area (Å²) in [6.07, 6.45) is -5.75. The molecule has 0 saturated heterocycles. The number of carbonyl (C=O) groups excluding carboxylic acids is 2. The van der Waals surface area contributed by atoms with Crippen LogP contribution in [0.3, 0.4) is 0 Å². The molecule has 1 atom stereocenters. The van der Waals surface area contributed by atoms with Crippen LogP contribution in [-0.4, -0.2) is 59.9 Å². The molecular weight excluding hydrogens is 465 g/mol. The Labute approximate surface area is 200 Å². The van der Waals surface area contributed by atoms with Gasteiger partial charge in [0.2, 0.25) is 5.91 Å². The van der Waals surface area contributed by atoms with Gasteiger partial charge in [0, 0.05) is 5.92 Å². The minimum Gasteiger partial charge on any atom is -0.480 e. The molecule has 2 N–H and O–H groups in total. The van der Waals surface area contributed by atoms with E-state index >= 15 is 0 Å². The van der Waals surface area contributed by atoms with Crippen LogP contribution in [0.1, 0.15) is 37.3 Å². The summed E-state index contributed by atoms with van der Waals surface area (Å²) in [4.78, 5) is 36.6. The molecule has 0 unspecified atom stereocenters. The molecule has 0 saturated carbocycles. The number of alkyl halides is 3. The maximum atomic E-state index is 12.9. The Kier molecular flexibility index (Phi) is 8.03. The number of fused-ring (bicyclic) bond motifs is 3. The van der Waals surface area contributed by atoms with Gasteiger partial charge in [0.1, 0.15) is 25.7 Å². The molecule has 35 heavy (non-hydrogen) atoms. The zero-order chi connectivity index (χ0) is 25.8. The number of carboxylic acids is 1. The van der Waals surface area contributed by atoms with Gasteiger partial charge in [-0.15, -0.1) is 0 Å². The normalized spacial score (nSPS) is 13.7. The average molecular weight is 492 g/mol. The number of benzene rings is 2. The van der Waals surface area contributed by atoms with Crippen LogP contribution in [0.15, 0.2) is 48.5 Å². The van der Waals surface area contributed by atoms with Crippen LogP contribution in [-0.2, 0) is 14.3 Å². The van der Waals surface area contributed by atoms with Gasteiger partial charge in [-0.25, -0.2) is 4.79 Å². The predicted octanol–water partition coefficient (Wildman–Crippen LogP) is 4.42. The highest BCUT2D eigenvalue weighted by Gasteiger charge is 2.37. The lowest BCUT2D eigenvalue weighted by molar-refractivity contribution is -0.166. The van der Waals surface area contributed by atoms with E-state index in [-0.39, 0.29) is 29.8 Å². The van der Waals surface area contributed by atoms with Crippen LogP contribution in [0.2, 0.25) is 0 Å². The van der Waals surface area contributed by atoms with Crippen molar-refractivity contribution in [2.24, 2.45) is 5.92 Å². The summed E-state index contributed by atoms with van der Waals surface area (Å²) in [5, 5.41) is 11.3. The molecule has 0 fully saturated rings. The third kappa shape index (κ3) is 6.74. The first kappa shape index (κ1) is 26.1. The van der Waals surface area contributed by atoms with Gasteiger partial charge < -0.3 is 20.1 Å². The first-order valence-electron chi connectivity index (χ1n) is 11.1. The molecule has 0 spiro atoms. The second-order valence-corrected chi connectivity index (χ2v) is 8.86. The van der Waals surface area contributed by atoms with Crippen molar-refractivity contribution in [2.45, 2.75) is 38.4 Å². The Morgan fingerprint density at radius 1 is 1.03 bits per heavy atom. The lowest BCUT2D eigenvalue weighted by Gasteiger charge is -2.28. The number of aliphatic carboxylic acids is 1. The Bertz CT molecular complexity index is 1040. The van der Waals surface area contributed by atoms with Crippen LogP contribution >= 0.6 is 0 Å². The van der Waals surface area contributed by atoms with Crippen LogP contribution in [0.4, 0.5) is 18.0 Å². The van der Waals surface area contributed by atoms with Gasteiger partial charge in [-0.2, -0.15) is 13.2 Å². The SMILES string of the molecule is CC(C)C[C@H](NC(=O)OCC1c2ccccc2-c2ccccc21)C(=O)N(CC(=O)O)CC(F)(F)F. The molecular formula is C25H27F3N2O5. The molecule has 2 aromatic rings. The smallest absolute Gasteiger partial charge is 0.407 e. The number of nitrogens with one attached hydrogen (secondary N) is 1. The fourth-order valence-electron chi connectivity index (χ4n) is 4.29. The van der Waals surface area contributed by atoms with Gasteiger partial charge in [0.15, 0.2) is 0 Å². The zero-order valence-electron chi connectivity index (χ0n) is 19.3. The minimum absolute atomic E-state index is 0.0109. The zero-order valence-corrected chi connectivity index (χ0v) is 19.3. The molecule has 7 nitrogen and oxygen atoms in total. The van der Waals surface area contributed by atoms with Crippen molar-refractivity contribution in [1.29, 1.82) is 0 Å². The fourth-order valence-corrected chi connectivity index (χ4v) is 4.29. The Hall–Kier alpha value is -3.56. The van der Waals surface area contributed by atoms with E-state index in [1.54, 1.807) is 13.8 Å². The summed E-state index contributed by atoms with van der Waals surface area (Å²) < 4.78 is 44.2. The number of rotatable bonds is 9. The van der Waals surface area contributed by atoms with Gasteiger partial charge in [-0.05, 0) is 34.6 Å². The van der Waals surface area contributed by atoms with Gasteiger partial charge >= 0.3 is 18.2 Å². The number of hydrogen-bond acceptors (Lipinski definition) is 4. The highest BCUT2D eigenvalue weighted by Crippen LogP contribution is 2.44. The van der Waals surface area contributed by atoms with Crippen LogP contribution < -0.4 is 5.32 Å². The largest absolute Gasteiger partial charge is 0.480 e. The molecule has 0 aliphatic heterocycles. The topological polar surface area (TPSA) is 95.9 Å². The Morgan fingerprint density at radius 3 is 2.06 bits per heavy atom. The summed E-state index contributed by atoms with van der Waals surface area (Å²) in [6, 6.07) is 14.1. The lowest BCUT2D eigenvalue weighted by atomic mass is 9.98. The molecule has 2 aromatic carbocycles. The molecule has 0 heterocycles. The minimum atomic E-state index is -4.79. The first-order valence-corrected chi connectivity index (χ1v) is 11.1. The number of ether oxygens (including phenoxy) is 1. The number of alkyl carbamates (subject to hydrolysis) is 1. The second-order valence-electron chi connectivity index (χ2n) is 8.86. The molecule has 188 valence electrons. The number of carbonyl (C=O) groups is 3. The maximum Gasteiger partial charge on any atom is 0.407 e. The standard InChI is InChI=1S/C25H27F3N2O5/c1-15(2)11-21(23(33)30(12-22(31)32)14-25(26,27)28)29-24(34)35-13-20-18-9-5-3-7-16(18)17-8-4-6-10-19(17)20/h3-10,15,20-21H,11-14H2,1-2H3,(H,29,34)(H,31,32)/t21-/m0/s1. The quantitative estimate of drug-likeness (QED) is 0.541. The van der Waals surface area contributed by atoms with Crippen molar-refractivity contribution in [1.82, 2.24) is 10.2 Å². The molecule has 1 aliphatic rings. The monoisotopic (exact) mass is 492 g/mol. The third-order valence-corrected chi connectivity index (χ3v) is 5.65. The molecule has 0 aromatic heterocycles.